The molecule has 0 aliphatic carbocycles. The van der Waals surface area contributed by atoms with E-state index in [-0.39, 0.29) is 35.9 Å². The van der Waals surface area contributed by atoms with E-state index in [2.05, 4.69) is 9.97 Å². The van der Waals surface area contributed by atoms with Gasteiger partial charge in [0.2, 0.25) is 0 Å². The number of hydrogen-bond acceptors (Lipinski definition) is 9. The summed E-state index contributed by atoms with van der Waals surface area (Å²) in [6.07, 6.45) is 2.67. The standard InChI is InChI=1S/C11H9Cl2N3O3.C6H4Cl2O.C5H7N3O3/c1-15-8(5-14-11(15)16(17)18)6-19-10-3-2-7(12)4-9(10)13;7-4-1-2-6(9)5(8)3-4;1-7-4(3-9)2-6-5(7)8(10)11/h2-5H,6H2,1H3;1-3,9H;2,9H,3H2,1H3. The Bertz CT molecular complexity index is 1460. The van der Waals surface area contributed by atoms with Crippen molar-refractivity contribution in [2.24, 2.45) is 14.1 Å². The van der Waals surface area contributed by atoms with Gasteiger partial charge in [-0.1, -0.05) is 56.4 Å². The minimum absolute atomic E-state index is 0.0565. The van der Waals surface area contributed by atoms with Crippen LogP contribution in [0.4, 0.5) is 11.9 Å². The second-order valence-electron chi connectivity index (χ2n) is 7.35. The van der Waals surface area contributed by atoms with E-state index < -0.39 is 9.85 Å². The second-order valence-corrected chi connectivity index (χ2v) is 9.04. The summed E-state index contributed by atoms with van der Waals surface area (Å²) < 4.78 is 8.06. The van der Waals surface area contributed by atoms with Gasteiger partial charge in [0, 0.05) is 10.0 Å². The van der Waals surface area contributed by atoms with Gasteiger partial charge in [-0.3, -0.25) is 0 Å². The smallest absolute Gasteiger partial charge is 0.434 e. The average Bonchev–Trinajstić information content (AvgIpc) is 3.44. The highest BCUT2D eigenvalue weighted by Gasteiger charge is 2.18. The van der Waals surface area contributed by atoms with Crippen LogP contribution >= 0.6 is 46.4 Å². The van der Waals surface area contributed by atoms with Crippen LogP contribution < -0.4 is 4.74 Å². The van der Waals surface area contributed by atoms with Gasteiger partial charge in [-0.05, 0) is 46.2 Å². The predicted molar refractivity (Wildman–Crippen MR) is 145 cm³/mol. The molecule has 0 aliphatic heterocycles. The van der Waals surface area contributed by atoms with Crippen LogP contribution in [0.25, 0.3) is 0 Å². The fourth-order valence-corrected chi connectivity index (χ4v) is 3.58. The number of benzene rings is 2. The summed E-state index contributed by atoms with van der Waals surface area (Å²) >= 11 is 22.7. The van der Waals surface area contributed by atoms with Gasteiger partial charge in [0.05, 0.1) is 24.1 Å². The Labute approximate surface area is 241 Å². The topological polar surface area (TPSA) is 172 Å². The summed E-state index contributed by atoms with van der Waals surface area (Å²) in [6.45, 7) is -0.115. The maximum absolute atomic E-state index is 10.6. The quantitative estimate of drug-likeness (QED) is 0.201. The molecule has 4 rings (SSSR count). The number of hydrogen-bond donors (Lipinski definition) is 2. The molecule has 39 heavy (non-hydrogen) atoms. The number of aromatic nitrogens is 4. The van der Waals surface area contributed by atoms with E-state index in [1.807, 2.05) is 0 Å². The molecular weight excluding hydrogens is 602 g/mol. The Morgan fingerprint density at radius 1 is 0.846 bits per heavy atom. The van der Waals surface area contributed by atoms with Crippen molar-refractivity contribution in [3.8, 4) is 11.5 Å². The molecule has 2 N–H and O–H groups in total. The number of aliphatic hydroxyl groups excluding tert-OH is 1. The Morgan fingerprint density at radius 3 is 1.74 bits per heavy atom. The van der Waals surface area contributed by atoms with Crippen LogP contribution in [0.1, 0.15) is 11.4 Å². The number of halogens is 4. The number of imidazole rings is 2. The minimum Gasteiger partial charge on any atom is -0.506 e. The first-order valence-electron chi connectivity index (χ1n) is 10.5. The van der Waals surface area contributed by atoms with E-state index in [1.165, 1.54) is 40.7 Å². The first-order chi connectivity index (χ1) is 18.3. The van der Waals surface area contributed by atoms with Crippen molar-refractivity contribution in [2.45, 2.75) is 13.2 Å². The molecule has 0 radical (unpaired) electrons. The van der Waals surface area contributed by atoms with Crippen molar-refractivity contribution in [2.75, 3.05) is 0 Å². The second kappa shape index (κ2) is 14.5. The third kappa shape index (κ3) is 8.97. The fraction of sp³-hybridized carbons (Fsp3) is 0.182. The monoisotopic (exact) mass is 620 g/mol. The summed E-state index contributed by atoms with van der Waals surface area (Å²) in [5.41, 5.74) is 0.995. The summed E-state index contributed by atoms with van der Waals surface area (Å²) in [5, 5.41) is 40.0. The fourth-order valence-electron chi connectivity index (χ4n) is 2.71. The lowest BCUT2D eigenvalue weighted by Gasteiger charge is -2.07. The van der Waals surface area contributed by atoms with E-state index in [1.54, 1.807) is 31.3 Å². The van der Waals surface area contributed by atoms with E-state index in [9.17, 15) is 20.2 Å². The van der Waals surface area contributed by atoms with Gasteiger partial charge >= 0.3 is 11.9 Å². The largest absolute Gasteiger partial charge is 0.506 e. The van der Waals surface area contributed by atoms with Crippen molar-refractivity contribution in [3.63, 3.8) is 0 Å². The van der Waals surface area contributed by atoms with Crippen LogP contribution in [-0.2, 0) is 27.3 Å². The molecule has 0 aliphatic rings. The zero-order chi connectivity index (χ0) is 29.3. The molecule has 0 saturated heterocycles. The Balaban J connectivity index is 0.000000226. The van der Waals surface area contributed by atoms with Crippen molar-refractivity contribution >= 4 is 58.3 Å². The third-order valence-electron chi connectivity index (χ3n) is 4.79. The number of nitrogens with zero attached hydrogens (tertiary/aromatic N) is 6. The number of phenolic OH excluding ortho intramolecular Hbond substituents is 1. The van der Waals surface area contributed by atoms with Gasteiger partial charge < -0.3 is 35.2 Å². The molecule has 17 heteroatoms. The first kappa shape index (κ1) is 31.6. The molecule has 0 fully saturated rings. The van der Waals surface area contributed by atoms with Gasteiger partial charge in [-0.15, -0.1) is 0 Å². The lowest BCUT2D eigenvalue weighted by Crippen LogP contribution is -2.05. The highest BCUT2D eigenvalue weighted by atomic mass is 35.5. The molecule has 4 aromatic rings. The van der Waals surface area contributed by atoms with Gasteiger partial charge in [-0.25, -0.2) is 9.13 Å². The maximum atomic E-state index is 10.6. The first-order valence-corrected chi connectivity index (χ1v) is 12.0. The zero-order valence-electron chi connectivity index (χ0n) is 20.2. The molecule has 0 atom stereocenters. The van der Waals surface area contributed by atoms with Gasteiger partial charge in [0.15, 0.2) is 5.69 Å². The van der Waals surface area contributed by atoms with Crippen molar-refractivity contribution in [1.82, 2.24) is 19.1 Å². The molecule has 0 spiro atoms. The number of aliphatic hydroxyl groups is 1. The van der Waals surface area contributed by atoms with Crippen molar-refractivity contribution < 1.29 is 24.8 Å². The Hall–Kier alpha value is -3.62. The number of ether oxygens (including phenoxy) is 1. The van der Waals surface area contributed by atoms with E-state index in [4.69, 9.17) is 61.4 Å². The number of phenols is 1. The Morgan fingerprint density at radius 2 is 1.33 bits per heavy atom. The van der Waals surface area contributed by atoms with Gasteiger partial charge in [0.25, 0.3) is 0 Å². The highest BCUT2D eigenvalue weighted by Crippen LogP contribution is 2.28. The van der Waals surface area contributed by atoms with Crippen LogP contribution in [0.3, 0.4) is 0 Å². The molecule has 208 valence electrons. The molecule has 2 heterocycles. The molecule has 0 unspecified atom stereocenters. The molecule has 2 aromatic heterocycles. The molecular formula is C22H20Cl4N6O7. The summed E-state index contributed by atoms with van der Waals surface area (Å²) in [5.74, 6) is 0.0193. The van der Waals surface area contributed by atoms with Crippen molar-refractivity contribution in [1.29, 1.82) is 0 Å². The summed E-state index contributed by atoms with van der Waals surface area (Å²) in [4.78, 5) is 26.9. The van der Waals surface area contributed by atoms with Gasteiger partial charge in [-0.2, -0.15) is 0 Å². The van der Waals surface area contributed by atoms with Crippen LogP contribution in [0.5, 0.6) is 11.5 Å². The number of rotatable bonds is 6. The van der Waals surface area contributed by atoms with Crippen LogP contribution in [-0.4, -0.2) is 39.2 Å². The molecule has 13 nitrogen and oxygen atoms in total. The maximum Gasteiger partial charge on any atom is 0.434 e. The molecule has 0 bridgehead atoms. The molecule has 0 amide bonds. The molecule has 0 saturated carbocycles. The average molecular weight is 622 g/mol. The van der Waals surface area contributed by atoms with Crippen molar-refractivity contribution in [3.05, 3.63) is 100 Å². The predicted octanol–water partition coefficient (Wildman–Crippen LogP) is 5.73. The molecule has 2 aromatic carbocycles. The third-order valence-corrected chi connectivity index (χ3v) is 5.86. The lowest BCUT2D eigenvalue weighted by molar-refractivity contribution is -0.396. The SMILES string of the molecule is Cn1c(CO)cnc1[N+](=O)[O-].Cn1c(COc2ccc(Cl)cc2Cl)cnc1[N+](=O)[O-].Oc1ccc(Cl)cc1Cl. The van der Waals surface area contributed by atoms with Crippen LogP contribution in [0, 0.1) is 20.2 Å². The number of nitro groups is 2. The highest BCUT2D eigenvalue weighted by molar-refractivity contribution is 6.36. The number of aromatic hydroxyl groups is 1. The Kier molecular flexibility index (Phi) is 11.8. The van der Waals surface area contributed by atoms with E-state index in [0.717, 1.165) is 0 Å². The normalized spacial score (nSPS) is 10.1. The summed E-state index contributed by atoms with van der Waals surface area (Å²) in [6, 6.07) is 9.35. The van der Waals surface area contributed by atoms with E-state index >= 15 is 0 Å². The van der Waals surface area contributed by atoms with Gasteiger partial charge in [0.1, 0.15) is 42.8 Å². The lowest BCUT2D eigenvalue weighted by atomic mass is 10.3. The zero-order valence-corrected chi connectivity index (χ0v) is 23.2. The van der Waals surface area contributed by atoms with Crippen LogP contribution in [0.2, 0.25) is 20.1 Å². The van der Waals surface area contributed by atoms with E-state index in [0.29, 0.717) is 32.2 Å². The minimum atomic E-state index is -0.598. The summed E-state index contributed by atoms with van der Waals surface area (Å²) in [7, 11) is 3.03. The van der Waals surface area contributed by atoms with Crippen LogP contribution in [0.15, 0.2) is 48.8 Å².